The number of halogens is 1. The van der Waals surface area contributed by atoms with Crippen LogP contribution in [0.2, 0.25) is 0 Å². The Morgan fingerprint density at radius 1 is 1.42 bits per heavy atom. The van der Waals surface area contributed by atoms with E-state index >= 15 is 0 Å². The first kappa shape index (κ1) is 24.4. The number of guanidine groups is 1. The van der Waals surface area contributed by atoms with Crippen molar-refractivity contribution in [1.82, 2.24) is 30.3 Å². The summed E-state index contributed by atoms with van der Waals surface area (Å²) in [7, 11) is 3.49. The molecule has 2 aromatic rings. The molecule has 0 bridgehead atoms. The largest absolute Gasteiger partial charge is 0.379 e. The van der Waals surface area contributed by atoms with Gasteiger partial charge in [-0.25, -0.2) is 9.67 Å². The Morgan fingerprint density at radius 3 is 2.97 bits per heavy atom. The number of fused-ring (bicyclic) bond motifs is 1. The number of nitrogens with zero attached hydrogens (tertiary/aromatic N) is 5. The van der Waals surface area contributed by atoms with Crippen molar-refractivity contribution in [2.45, 2.75) is 38.1 Å². The van der Waals surface area contributed by atoms with Crippen LogP contribution in [-0.2, 0) is 29.0 Å². The van der Waals surface area contributed by atoms with E-state index in [-0.39, 0.29) is 30.0 Å². The van der Waals surface area contributed by atoms with E-state index in [1.54, 1.807) is 18.4 Å². The number of aromatic nitrogens is 3. The third-order valence-electron chi connectivity index (χ3n) is 5.56. The molecule has 4 rings (SSSR count). The van der Waals surface area contributed by atoms with Crippen molar-refractivity contribution >= 4 is 41.3 Å². The lowest BCUT2D eigenvalue weighted by molar-refractivity contribution is 0.0177. The summed E-state index contributed by atoms with van der Waals surface area (Å²) in [4.78, 5) is 12.9. The quantitative estimate of drug-likeness (QED) is 0.302. The minimum Gasteiger partial charge on any atom is -0.379 e. The van der Waals surface area contributed by atoms with Crippen molar-refractivity contribution in [3.05, 3.63) is 34.0 Å². The van der Waals surface area contributed by atoms with Crippen molar-refractivity contribution in [1.29, 1.82) is 0 Å². The molecule has 2 unspecified atom stereocenters. The molecule has 172 valence electrons. The van der Waals surface area contributed by atoms with Gasteiger partial charge in [0.15, 0.2) is 11.8 Å². The number of morpholine rings is 1. The van der Waals surface area contributed by atoms with Gasteiger partial charge in [0.2, 0.25) is 0 Å². The third-order valence-corrected chi connectivity index (χ3v) is 6.53. The van der Waals surface area contributed by atoms with Gasteiger partial charge in [0.25, 0.3) is 0 Å². The Hall–Kier alpha value is -1.28. The van der Waals surface area contributed by atoms with E-state index < -0.39 is 0 Å². The third kappa shape index (κ3) is 6.37. The van der Waals surface area contributed by atoms with E-state index in [0.717, 1.165) is 69.8 Å². The molecular formula is C20H32IN7O2S. The van der Waals surface area contributed by atoms with Gasteiger partial charge < -0.3 is 20.1 Å². The van der Waals surface area contributed by atoms with Crippen LogP contribution in [0.1, 0.15) is 29.0 Å². The van der Waals surface area contributed by atoms with Gasteiger partial charge in [-0.05, 0) is 17.9 Å². The summed E-state index contributed by atoms with van der Waals surface area (Å²) in [5, 5.41) is 13.8. The Balaban J connectivity index is 0.00000272. The zero-order valence-electron chi connectivity index (χ0n) is 18.1. The molecule has 2 N–H and O–H groups in total. The smallest absolute Gasteiger partial charge is 0.191 e. The molecule has 4 heterocycles. The van der Waals surface area contributed by atoms with Crippen LogP contribution in [0.25, 0.3) is 0 Å². The average molecular weight is 561 g/mol. The molecule has 0 amide bonds. The Labute approximate surface area is 204 Å². The number of nitrogens with one attached hydrogen (secondary N) is 2. The highest BCUT2D eigenvalue weighted by Gasteiger charge is 2.25. The van der Waals surface area contributed by atoms with E-state index in [4.69, 9.17) is 9.47 Å². The molecule has 2 aliphatic rings. The first-order valence-corrected chi connectivity index (χ1v) is 11.4. The molecular weight excluding hydrogens is 529 g/mol. The molecule has 1 fully saturated rings. The van der Waals surface area contributed by atoms with E-state index in [9.17, 15) is 0 Å². The van der Waals surface area contributed by atoms with Gasteiger partial charge in [-0.15, -0.1) is 35.3 Å². The van der Waals surface area contributed by atoms with E-state index in [0.29, 0.717) is 12.6 Å². The molecule has 0 spiro atoms. The molecule has 11 heteroatoms. The van der Waals surface area contributed by atoms with Crippen LogP contribution in [0, 0.1) is 0 Å². The second-order valence-corrected chi connectivity index (χ2v) is 8.55. The zero-order valence-corrected chi connectivity index (χ0v) is 21.3. The molecule has 2 aromatic heterocycles. The number of hydrogen-bond donors (Lipinski definition) is 2. The molecule has 2 aliphatic heterocycles. The van der Waals surface area contributed by atoms with Gasteiger partial charge in [0, 0.05) is 51.1 Å². The summed E-state index contributed by atoms with van der Waals surface area (Å²) in [5.41, 5.74) is 0. The number of thiophene rings is 1. The molecule has 2 atom stereocenters. The molecule has 9 nitrogen and oxygen atoms in total. The Kier molecular flexibility index (Phi) is 9.50. The van der Waals surface area contributed by atoms with Crippen LogP contribution in [0.15, 0.2) is 22.5 Å². The molecule has 0 aromatic carbocycles. The number of ether oxygens (including phenoxy) is 2. The molecule has 0 aliphatic carbocycles. The monoisotopic (exact) mass is 561 g/mol. The first-order valence-electron chi connectivity index (χ1n) is 10.5. The van der Waals surface area contributed by atoms with Crippen LogP contribution in [-0.4, -0.2) is 78.7 Å². The fourth-order valence-electron chi connectivity index (χ4n) is 4.03. The van der Waals surface area contributed by atoms with Crippen LogP contribution in [0.3, 0.4) is 0 Å². The van der Waals surface area contributed by atoms with Crippen LogP contribution in [0.5, 0.6) is 0 Å². The Bertz CT molecular complexity index is 824. The summed E-state index contributed by atoms with van der Waals surface area (Å²) in [5.74, 6) is 2.61. The number of methoxy groups -OCH3 is 1. The minimum atomic E-state index is 0. The fourth-order valence-corrected chi connectivity index (χ4v) is 4.89. The van der Waals surface area contributed by atoms with Crippen molar-refractivity contribution in [3.8, 4) is 0 Å². The highest BCUT2D eigenvalue weighted by atomic mass is 127. The lowest BCUT2D eigenvalue weighted by Gasteiger charge is -2.34. The SMILES string of the molecule is CN=C(NCC(c1cccs1)N1CCOCC1)NC1CCc2nc(COC)nn2C1.I. The van der Waals surface area contributed by atoms with Crippen molar-refractivity contribution in [2.75, 3.05) is 47.0 Å². The topological polar surface area (TPSA) is 88.8 Å². The summed E-state index contributed by atoms with van der Waals surface area (Å²) in [6, 6.07) is 4.92. The van der Waals surface area contributed by atoms with Crippen molar-refractivity contribution < 1.29 is 9.47 Å². The number of rotatable bonds is 7. The summed E-state index contributed by atoms with van der Waals surface area (Å²) in [6.45, 7) is 5.54. The van der Waals surface area contributed by atoms with Crippen LogP contribution in [0.4, 0.5) is 0 Å². The maximum Gasteiger partial charge on any atom is 0.191 e. The highest BCUT2D eigenvalue weighted by molar-refractivity contribution is 14.0. The van der Waals surface area contributed by atoms with E-state index in [2.05, 4.69) is 48.1 Å². The van der Waals surface area contributed by atoms with Gasteiger partial charge in [0.05, 0.1) is 25.8 Å². The van der Waals surface area contributed by atoms with E-state index in [1.807, 2.05) is 11.7 Å². The highest BCUT2D eigenvalue weighted by Crippen LogP contribution is 2.25. The van der Waals surface area contributed by atoms with Gasteiger partial charge in [0.1, 0.15) is 12.4 Å². The van der Waals surface area contributed by atoms with Crippen LogP contribution >= 0.6 is 35.3 Å². The second kappa shape index (κ2) is 12.1. The van der Waals surface area contributed by atoms with Gasteiger partial charge in [-0.1, -0.05) is 6.07 Å². The minimum absolute atomic E-state index is 0. The Morgan fingerprint density at radius 2 is 2.26 bits per heavy atom. The number of aliphatic imine (C=N–C) groups is 1. The number of aryl methyl sites for hydroxylation is 1. The zero-order chi connectivity index (χ0) is 20.8. The maximum absolute atomic E-state index is 5.54. The normalized spacial score (nSPS) is 20.6. The lowest BCUT2D eigenvalue weighted by atomic mass is 10.1. The first-order chi connectivity index (χ1) is 14.8. The van der Waals surface area contributed by atoms with Crippen LogP contribution < -0.4 is 10.6 Å². The predicted molar refractivity (Wildman–Crippen MR) is 132 cm³/mol. The summed E-state index contributed by atoms with van der Waals surface area (Å²) < 4.78 is 12.7. The van der Waals surface area contributed by atoms with Gasteiger partial charge in [-0.3, -0.25) is 9.89 Å². The number of hydrogen-bond acceptors (Lipinski definition) is 7. The van der Waals surface area contributed by atoms with Crippen molar-refractivity contribution in [3.63, 3.8) is 0 Å². The van der Waals surface area contributed by atoms with E-state index in [1.165, 1.54) is 4.88 Å². The molecule has 1 saturated heterocycles. The summed E-state index contributed by atoms with van der Waals surface area (Å²) in [6.07, 6.45) is 1.90. The summed E-state index contributed by atoms with van der Waals surface area (Å²) >= 11 is 1.81. The molecule has 0 radical (unpaired) electrons. The lowest BCUT2D eigenvalue weighted by Crippen LogP contribution is -2.50. The average Bonchev–Trinajstić information content (AvgIpc) is 3.43. The fraction of sp³-hybridized carbons (Fsp3) is 0.650. The predicted octanol–water partition coefficient (Wildman–Crippen LogP) is 1.66. The van der Waals surface area contributed by atoms with Gasteiger partial charge >= 0.3 is 0 Å². The molecule has 31 heavy (non-hydrogen) atoms. The molecule has 0 saturated carbocycles. The van der Waals surface area contributed by atoms with Crippen molar-refractivity contribution in [2.24, 2.45) is 4.99 Å². The maximum atomic E-state index is 5.54. The van der Waals surface area contributed by atoms with Gasteiger partial charge in [-0.2, -0.15) is 5.10 Å². The standard InChI is InChI=1S/C20H31N7O2S.HI/c1-21-20(23-15-5-6-19-24-18(14-28-2)25-27(19)13-15)22-12-16(17-4-3-11-30-17)26-7-9-29-10-8-26;/h3-4,11,15-16H,5-10,12-14H2,1-2H3,(H2,21,22,23);1H. The second-order valence-electron chi connectivity index (χ2n) is 7.57.